The number of rotatable bonds is 7. The lowest BCUT2D eigenvalue weighted by Gasteiger charge is -2.14. The summed E-state index contributed by atoms with van der Waals surface area (Å²) in [5, 5.41) is 14.1. The average Bonchev–Trinajstić information content (AvgIpc) is 3.59. The Labute approximate surface area is 164 Å². The molecule has 1 aromatic carbocycles. The molecule has 0 saturated heterocycles. The Morgan fingerprint density at radius 1 is 1.21 bits per heavy atom. The van der Waals surface area contributed by atoms with E-state index in [1.807, 2.05) is 6.07 Å². The van der Waals surface area contributed by atoms with Crippen molar-refractivity contribution in [1.29, 1.82) is 0 Å². The SMILES string of the molecule is Cn1ccc2cc(Nc3nc(C4CC4)ccc3C(=O)O)cc(CCC3CC3)c21. The molecule has 5 heteroatoms. The minimum absolute atomic E-state index is 0.220. The van der Waals surface area contributed by atoms with Crippen LogP contribution < -0.4 is 5.32 Å². The van der Waals surface area contributed by atoms with Gasteiger partial charge in [0.2, 0.25) is 0 Å². The maximum absolute atomic E-state index is 11.7. The van der Waals surface area contributed by atoms with Crippen molar-refractivity contribution in [3.05, 3.63) is 53.3 Å². The van der Waals surface area contributed by atoms with Gasteiger partial charge in [0.15, 0.2) is 0 Å². The number of carboxylic acid groups (broad SMARTS) is 1. The monoisotopic (exact) mass is 375 g/mol. The Hall–Kier alpha value is -2.82. The van der Waals surface area contributed by atoms with Gasteiger partial charge in [-0.15, -0.1) is 0 Å². The first-order valence-electron chi connectivity index (χ1n) is 10.2. The Bertz CT molecular complexity index is 1060. The van der Waals surface area contributed by atoms with E-state index in [0.29, 0.717) is 11.7 Å². The maximum atomic E-state index is 11.7. The van der Waals surface area contributed by atoms with E-state index in [1.165, 1.54) is 35.7 Å². The van der Waals surface area contributed by atoms with Gasteiger partial charge in [0, 0.05) is 35.9 Å². The number of benzene rings is 1. The Balaban J connectivity index is 1.52. The number of nitrogens with one attached hydrogen (secondary N) is 1. The highest BCUT2D eigenvalue weighted by Crippen LogP contribution is 2.40. The molecule has 5 rings (SSSR count). The van der Waals surface area contributed by atoms with Crippen LogP contribution in [0.25, 0.3) is 10.9 Å². The van der Waals surface area contributed by atoms with Gasteiger partial charge in [0.25, 0.3) is 0 Å². The smallest absolute Gasteiger partial charge is 0.339 e. The molecule has 0 unspecified atom stereocenters. The van der Waals surface area contributed by atoms with Crippen LogP contribution >= 0.6 is 0 Å². The van der Waals surface area contributed by atoms with Crippen LogP contribution in [0.5, 0.6) is 0 Å². The zero-order chi connectivity index (χ0) is 19.3. The second-order valence-electron chi connectivity index (χ2n) is 8.32. The van der Waals surface area contributed by atoms with Crippen LogP contribution in [0.3, 0.4) is 0 Å². The molecule has 144 valence electrons. The van der Waals surface area contributed by atoms with E-state index in [4.69, 9.17) is 0 Å². The Morgan fingerprint density at radius 2 is 2.04 bits per heavy atom. The van der Waals surface area contributed by atoms with E-state index in [2.05, 4.69) is 46.3 Å². The van der Waals surface area contributed by atoms with Gasteiger partial charge >= 0.3 is 5.97 Å². The number of hydrogen-bond acceptors (Lipinski definition) is 3. The molecule has 0 aliphatic heterocycles. The third-order valence-corrected chi connectivity index (χ3v) is 5.97. The largest absolute Gasteiger partial charge is 0.478 e. The molecule has 2 aromatic heterocycles. The molecule has 5 nitrogen and oxygen atoms in total. The van der Waals surface area contributed by atoms with Crippen molar-refractivity contribution in [1.82, 2.24) is 9.55 Å². The fraction of sp³-hybridized carbons (Fsp3) is 0.391. The molecule has 0 atom stereocenters. The molecule has 0 amide bonds. The second kappa shape index (κ2) is 6.66. The average molecular weight is 375 g/mol. The van der Waals surface area contributed by atoms with Gasteiger partial charge in [0.05, 0.1) is 5.52 Å². The number of aryl methyl sites for hydroxylation is 2. The zero-order valence-corrected chi connectivity index (χ0v) is 16.1. The lowest BCUT2D eigenvalue weighted by Crippen LogP contribution is -2.07. The number of aromatic carboxylic acids is 1. The fourth-order valence-electron chi connectivity index (χ4n) is 4.06. The molecule has 2 saturated carbocycles. The van der Waals surface area contributed by atoms with Crippen LogP contribution in [-0.4, -0.2) is 20.6 Å². The number of aromatic nitrogens is 2. The summed E-state index contributed by atoms with van der Waals surface area (Å²) in [5.41, 5.74) is 4.70. The topological polar surface area (TPSA) is 67.2 Å². The number of carboxylic acids is 1. The lowest BCUT2D eigenvalue weighted by atomic mass is 10.0. The first-order chi connectivity index (χ1) is 13.6. The predicted molar refractivity (Wildman–Crippen MR) is 110 cm³/mol. The Kier molecular flexibility index (Phi) is 4.11. The van der Waals surface area contributed by atoms with Gasteiger partial charge in [-0.25, -0.2) is 9.78 Å². The highest BCUT2D eigenvalue weighted by molar-refractivity contribution is 5.95. The molecule has 28 heavy (non-hydrogen) atoms. The van der Waals surface area contributed by atoms with Crippen molar-refractivity contribution in [2.75, 3.05) is 5.32 Å². The zero-order valence-electron chi connectivity index (χ0n) is 16.1. The van der Waals surface area contributed by atoms with Gasteiger partial charge in [-0.05, 0) is 67.5 Å². The predicted octanol–water partition coefficient (Wildman–Crippen LogP) is 5.24. The van der Waals surface area contributed by atoms with Crippen LogP contribution in [0.4, 0.5) is 11.5 Å². The van der Waals surface area contributed by atoms with Gasteiger partial charge in [0.1, 0.15) is 11.4 Å². The van der Waals surface area contributed by atoms with E-state index >= 15 is 0 Å². The first kappa shape index (κ1) is 17.3. The van der Waals surface area contributed by atoms with Crippen molar-refractivity contribution < 1.29 is 9.90 Å². The number of anilines is 2. The molecule has 0 bridgehead atoms. The first-order valence-corrected chi connectivity index (χ1v) is 10.2. The van der Waals surface area contributed by atoms with E-state index in [-0.39, 0.29) is 5.56 Å². The molecular weight excluding hydrogens is 350 g/mol. The summed E-state index contributed by atoms with van der Waals surface area (Å²) >= 11 is 0. The van der Waals surface area contributed by atoms with Gasteiger partial charge in [-0.2, -0.15) is 0 Å². The second-order valence-corrected chi connectivity index (χ2v) is 8.32. The minimum Gasteiger partial charge on any atom is -0.478 e. The lowest BCUT2D eigenvalue weighted by molar-refractivity contribution is 0.0697. The molecule has 2 aliphatic rings. The van der Waals surface area contributed by atoms with E-state index in [9.17, 15) is 9.90 Å². The normalized spacial score (nSPS) is 16.5. The van der Waals surface area contributed by atoms with Crippen molar-refractivity contribution in [3.8, 4) is 0 Å². The number of carbonyl (C=O) groups is 1. The third kappa shape index (κ3) is 3.37. The summed E-state index contributed by atoms with van der Waals surface area (Å²) in [7, 11) is 2.08. The molecule has 0 radical (unpaired) electrons. The summed E-state index contributed by atoms with van der Waals surface area (Å²) in [6.07, 6.45) is 9.35. The van der Waals surface area contributed by atoms with Crippen molar-refractivity contribution >= 4 is 28.4 Å². The van der Waals surface area contributed by atoms with Crippen LogP contribution in [0.2, 0.25) is 0 Å². The number of hydrogen-bond donors (Lipinski definition) is 2. The molecule has 0 spiro atoms. The van der Waals surface area contributed by atoms with Gasteiger partial charge < -0.3 is 15.0 Å². The summed E-state index contributed by atoms with van der Waals surface area (Å²) in [4.78, 5) is 16.3. The molecule has 3 aromatic rings. The summed E-state index contributed by atoms with van der Waals surface area (Å²) < 4.78 is 2.18. The maximum Gasteiger partial charge on any atom is 0.339 e. The van der Waals surface area contributed by atoms with Crippen LogP contribution in [0.1, 0.15) is 59.6 Å². The summed E-state index contributed by atoms with van der Waals surface area (Å²) in [6.45, 7) is 0. The number of nitrogens with zero attached hydrogens (tertiary/aromatic N) is 2. The van der Waals surface area contributed by atoms with Crippen molar-refractivity contribution in [3.63, 3.8) is 0 Å². The molecule has 2 heterocycles. The van der Waals surface area contributed by atoms with Crippen LogP contribution in [0, 0.1) is 5.92 Å². The summed E-state index contributed by atoms with van der Waals surface area (Å²) in [6, 6.07) is 9.91. The third-order valence-electron chi connectivity index (χ3n) is 5.97. The van der Waals surface area contributed by atoms with Gasteiger partial charge in [-0.1, -0.05) is 12.8 Å². The standard InChI is InChI=1S/C23H25N3O2/c1-26-11-10-17-13-18(12-16(21(17)26)5-4-14-2-3-14)24-22-19(23(27)28)8-9-20(25-22)15-6-7-15/h8-15H,2-7H2,1H3,(H,24,25)(H,27,28). The Morgan fingerprint density at radius 3 is 2.75 bits per heavy atom. The van der Waals surface area contributed by atoms with Crippen molar-refractivity contribution in [2.45, 2.75) is 44.4 Å². The number of fused-ring (bicyclic) bond motifs is 1. The van der Waals surface area contributed by atoms with Crippen molar-refractivity contribution in [2.24, 2.45) is 13.0 Å². The quantitative estimate of drug-likeness (QED) is 0.593. The fourth-order valence-corrected chi connectivity index (χ4v) is 4.06. The molecule has 2 N–H and O–H groups in total. The molecular formula is C23H25N3O2. The highest BCUT2D eigenvalue weighted by atomic mass is 16.4. The minimum atomic E-state index is -0.952. The molecule has 2 aliphatic carbocycles. The van der Waals surface area contributed by atoms with E-state index in [1.54, 1.807) is 6.07 Å². The van der Waals surface area contributed by atoms with Gasteiger partial charge in [-0.3, -0.25) is 0 Å². The summed E-state index contributed by atoms with van der Waals surface area (Å²) in [5.74, 6) is 0.851. The highest BCUT2D eigenvalue weighted by Gasteiger charge is 2.26. The van der Waals surface area contributed by atoms with E-state index in [0.717, 1.165) is 36.6 Å². The molecule has 2 fully saturated rings. The van der Waals surface area contributed by atoms with E-state index < -0.39 is 5.97 Å². The van der Waals surface area contributed by atoms with Crippen LogP contribution in [-0.2, 0) is 13.5 Å². The van der Waals surface area contributed by atoms with Crippen LogP contribution in [0.15, 0.2) is 36.5 Å². The number of pyridine rings is 1.